The van der Waals surface area contributed by atoms with Crippen molar-refractivity contribution in [1.29, 1.82) is 0 Å². The van der Waals surface area contributed by atoms with Crippen molar-refractivity contribution in [2.45, 2.75) is 6.92 Å². The summed E-state index contributed by atoms with van der Waals surface area (Å²) in [4.78, 5) is 29.3. The van der Waals surface area contributed by atoms with Crippen molar-refractivity contribution in [1.82, 2.24) is 14.8 Å². The highest BCUT2D eigenvalue weighted by Crippen LogP contribution is 2.24. The number of hydrogen-bond donors (Lipinski definition) is 1. The Morgan fingerprint density at radius 3 is 2.45 bits per heavy atom. The lowest BCUT2D eigenvalue weighted by Crippen LogP contribution is -2.17. The zero-order chi connectivity index (χ0) is 20.2. The van der Waals surface area contributed by atoms with E-state index in [4.69, 9.17) is 0 Å². The minimum atomic E-state index is -0.295. The summed E-state index contributed by atoms with van der Waals surface area (Å²) in [7, 11) is 0. The predicted molar refractivity (Wildman–Crippen MR) is 111 cm³/mol. The van der Waals surface area contributed by atoms with Crippen LogP contribution in [0.2, 0.25) is 0 Å². The number of amides is 1. The number of nitrogens with one attached hydrogen (secondary N) is 1. The molecule has 0 radical (unpaired) electrons. The van der Waals surface area contributed by atoms with Gasteiger partial charge < -0.3 is 4.40 Å². The Morgan fingerprint density at radius 1 is 0.966 bits per heavy atom. The van der Waals surface area contributed by atoms with Gasteiger partial charge in [0.25, 0.3) is 5.91 Å². The lowest BCUT2D eigenvalue weighted by atomic mass is 10.1. The molecule has 1 N–H and O–H groups in total. The molecule has 1 aromatic carbocycles. The van der Waals surface area contributed by atoms with Crippen LogP contribution in [0.1, 0.15) is 37.5 Å². The summed E-state index contributed by atoms with van der Waals surface area (Å²) in [6.45, 7) is 1.88. The number of carbonyl (C=O) groups is 2. The Kier molecular flexibility index (Phi) is 4.99. The van der Waals surface area contributed by atoms with Crippen LogP contribution in [0.15, 0.2) is 84.4 Å². The van der Waals surface area contributed by atoms with E-state index < -0.39 is 0 Å². The van der Waals surface area contributed by atoms with Crippen molar-refractivity contribution >= 4 is 23.4 Å². The molecule has 0 saturated heterocycles. The number of nitrogens with zero attached hydrogens (tertiary/aromatic N) is 3. The van der Waals surface area contributed by atoms with Crippen molar-refractivity contribution in [3.63, 3.8) is 0 Å². The number of rotatable bonds is 5. The highest BCUT2D eigenvalue weighted by molar-refractivity contribution is 6.12. The molecule has 6 nitrogen and oxygen atoms in total. The maximum Gasteiger partial charge on any atom is 0.271 e. The molecule has 1 amide bonds. The molecule has 0 aliphatic rings. The summed E-state index contributed by atoms with van der Waals surface area (Å²) in [5.74, 6) is -0.393. The van der Waals surface area contributed by atoms with Gasteiger partial charge in [-0.2, -0.15) is 5.10 Å². The first-order valence-corrected chi connectivity index (χ1v) is 9.09. The van der Waals surface area contributed by atoms with Crippen molar-refractivity contribution < 1.29 is 9.59 Å². The van der Waals surface area contributed by atoms with Gasteiger partial charge in [-0.3, -0.25) is 14.6 Å². The van der Waals surface area contributed by atoms with Gasteiger partial charge in [-0.05, 0) is 48.9 Å². The number of carbonyl (C=O) groups excluding carboxylic acids is 2. The zero-order valence-corrected chi connectivity index (χ0v) is 15.7. The molecule has 6 heteroatoms. The van der Waals surface area contributed by atoms with Crippen LogP contribution < -0.4 is 5.43 Å². The average Bonchev–Trinajstić information content (AvgIpc) is 3.06. The smallest absolute Gasteiger partial charge is 0.271 e. The van der Waals surface area contributed by atoms with Gasteiger partial charge in [0.2, 0.25) is 5.78 Å². The first-order valence-electron chi connectivity index (χ1n) is 9.09. The van der Waals surface area contributed by atoms with Gasteiger partial charge in [-0.25, -0.2) is 5.43 Å². The number of ketones is 1. The van der Waals surface area contributed by atoms with Crippen LogP contribution in [0.5, 0.6) is 0 Å². The molecular formula is C23H18N4O2. The minimum absolute atomic E-state index is 0.0981. The molecule has 0 aliphatic carbocycles. The molecular weight excluding hydrogens is 364 g/mol. The van der Waals surface area contributed by atoms with E-state index in [1.807, 2.05) is 41.8 Å². The highest BCUT2D eigenvalue weighted by atomic mass is 16.2. The van der Waals surface area contributed by atoms with E-state index in [2.05, 4.69) is 15.5 Å². The van der Waals surface area contributed by atoms with Gasteiger partial charge in [-0.1, -0.05) is 24.3 Å². The third kappa shape index (κ3) is 3.55. The maximum atomic E-state index is 13.1. The molecule has 3 heterocycles. The minimum Gasteiger partial charge on any atom is -0.313 e. The molecule has 0 aliphatic heterocycles. The third-order valence-electron chi connectivity index (χ3n) is 4.69. The summed E-state index contributed by atoms with van der Waals surface area (Å²) in [6.07, 6.45) is 6.62. The fourth-order valence-electron chi connectivity index (χ4n) is 3.25. The van der Waals surface area contributed by atoms with E-state index >= 15 is 0 Å². The Labute approximate surface area is 167 Å². The number of pyridine rings is 2. The number of hydrazone groups is 1. The van der Waals surface area contributed by atoms with Gasteiger partial charge in [0.05, 0.1) is 17.4 Å². The lowest BCUT2D eigenvalue weighted by molar-refractivity contribution is 0.0954. The molecule has 3 aromatic heterocycles. The first kappa shape index (κ1) is 18.3. The zero-order valence-electron chi connectivity index (χ0n) is 15.7. The molecule has 0 saturated carbocycles. The quantitative estimate of drug-likeness (QED) is 0.325. The molecule has 0 spiro atoms. The van der Waals surface area contributed by atoms with Gasteiger partial charge in [0.1, 0.15) is 0 Å². The second-order valence-electron chi connectivity index (χ2n) is 6.47. The summed E-state index contributed by atoms with van der Waals surface area (Å²) in [6, 6.07) is 17.9. The second-order valence-corrected chi connectivity index (χ2v) is 6.47. The summed E-state index contributed by atoms with van der Waals surface area (Å²) < 4.78 is 1.85. The Bertz CT molecular complexity index is 1210. The first-order chi connectivity index (χ1) is 14.2. The average molecular weight is 382 g/mol. The van der Waals surface area contributed by atoms with Crippen LogP contribution in [0.25, 0.3) is 5.52 Å². The molecule has 0 fully saturated rings. The van der Waals surface area contributed by atoms with Crippen molar-refractivity contribution in [3.05, 3.63) is 107 Å². The predicted octanol–water partition coefficient (Wildman–Crippen LogP) is 3.64. The van der Waals surface area contributed by atoms with Crippen LogP contribution in [0.3, 0.4) is 0 Å². The largest absolute Gasteiger partial charge is 0.313 e. The van der Waals surface area contributed by atoms with Crippen LogP contribution in [0.4, 0.5) is 0 Å². The highest BCUT2D eigenvalue weighted by Gasteiger charge is 2.20. The summed E-state index contributed by atoms with van der Waals surface area (Å²) in [5.41, 5.74) is 6.58. The lowest BCUT2D eigenvalue weighted by Gasteiger charge is -2.03. The Balaban J connectivity index is 1.69. The van der Waals surface area contributed by atoms with Crippen LogP contribution in [-0.2, 0) is 0 Å². The number of benzene rings is 1. The monoisotopic (exact) mass is 382 g/mol. The van der Waals surface area contributed by atoms with E-state index in [0.29, 0.717) is 16.8 Å². The molecule has 142 valence electrons. The molecule has 0 unspecified atom stereocenters. The number of fused-ring (bicyclic) bond motifs is 1. The van der Waals surface area contributed by atoms with Crippen LogP contribution >= 0.6 is 0 Å². The summed E-state index contributed by atoms with van der Waals surface area (Å²) in [5, 5.41) is 4.12. The fourth-order valence-corrected chi connectivity index (χ4v) is 3.25. The van der Waals surface area contributed by atoms with E-state index in [-0.39, 0.29) is 11.7 Å². The second kappa shape index (κ2) is 7.90. The molecule has 4 aromatic rings. The molecule has 4 rings (SSSR count). The van der Waals surface area contributed by atoms with Gasteiger partial charge >= 0.3 is 0 Å². The van der Waals surface area contributed by atoms with Crippen LogP contribution in [0, 0.1) is 6.92 Å². The van der Waals surface area contributed by atoms with Crippen LogP contribution in [-0.4, -0.2) is 27.3 Å². The normalized spacial score (nSPS) is 11.1. The fraction of sp³-hybridized carbons (Fsp3) is 0.0435. The SMILES string of the molecule is Cc1c(/C=N/NC(=O)c2ccccc2)c2ccccn2c1C(=O)c1ccncc1. The van der Waals surface area contributed by atoms with Crippen molar-refractivity contribution in [2.75, 3.05) is 0 Å². The van der Waals surface area contributed by atoms with E-state index in [9.17, 15) is 9.59 Å². The van der Waals surface area contributed by atoms with Gasteiger partial charge in [-0.15, -0.1) is 0 Å². The topological polar surface area (TPSA) is 75.8 Å². The Morgan fingerprint density at radius 2 is 1.69 bits per heavy atom. The maximum absolute atomic E-state index is 13.1. The molecule has 0 atom stereocenters. The number of hydrogen-bond acceptors (Lipinski definition) is 4. The molecule has 0 bridgehead atoms. The van der Waals surface area contributed by atoms with E-state index in [1.165, 1.54) is 0 Å². The Hall–Kier alpha value is -4.06. The number of aromatic nitrogens is 2. The van der Waals surface area contributed by atoms with E-state index in [1.54, 1.807) is 55.0 Å². The van der Waals surface area contributed by atoms with Gasteiger partial charge in [0.15, 0.2) is 0 Å². The van der Waals surface area contributed by atoms with Crippen molar-refractivity contribution in [2.24, 2.45) is 5.10 Å². The van der Waals surface area contributed by atoms with Crippen molar-refractivity contribution in [3.8, 4) is 0 Å². The summed E-state index contributed by atoms with van der Waals surface area (Å²) >= 11 is 0. The standard InChI is InChI=1S/C23H18N4O2/c1-16-19(15-25-26-23(29)18-7-3-2-4-8-18)20-9-5-6-14-27(20)21(16)22(28)17-10-12-24-13-11-17/h2-15H,1H3,(H,26,29)/b25-15+. The van der Waals surface area contributed by atoms with E-state index in [0.717, 1.165) is 16.6 Å². The third-order valence-corrected chi connectivity index (χ3v) is 4.69. The molecule has 29 heavy (non-hydrogen) atoms. The van der Waals surface area contributed by atoms with Gasteiger partial charge in [0, 0.05) is 35.3 Å².